The van der Waals surface area contributed by atoms with Crippen molar-refractivity contribution >= 4 is 17.5 Å². The van der Waals surface area contributed by atoms with Crippen molar-refractivity contribution in [3.63, 3.8) is 0 Å². The molecular formula is C31H40F3N3O4. The molecule has 1 heterocycles. The molecule has 2 aromatic carbocycles. The fourth-order valence-corrected chi connectivity index (χ4v) is 5.61. The average molecular weight is 576 g/mol. The number of benzene rings is 2. The lowest BCUT2D eigenvalue weighted by molar-refractivity contribution is -0.137. The van der Waals surface area contributed by atoms with E-state index in [1.807, 2.05) is 18.9 Å². The summed E-state index contributed by atoms with van der Waals surface area (Å²) >= 11 is 0. The molecule has 2 amide bonds. The van der Waals surface area contributed by atoms with Crippen LogP contribution in [0.5, 0.6) is 5.75 Å². The van der Waals surface area contributed by atoms with Crippen LogP contribution in [0.25, 0.3) is 0 Å². The highest BCUT2D eigenvalue weighted by molar-refractivity contribution is 6.00. The number of likely N-dealkylation sites (N-methyl/N-ethyl adjacent to an activating group) is 1. The molecule has 0 radical (unpaired) electrons. The van der Waals surface area contributed by atoms with Crippen molar-refractivity contribution in [3.8, 4) is 5.75 Å². The number of amides is 2. The van der Waals surface area contributed by atoms with E-state index in [0.29, 0.717) is 36.6 Å². The topological polar surface area (TPSA) is 82.1 Å². The van der Waals surface area contributed by atoms with Crippen LogP contribution in [0.15, 0.2) is 42.5 Å². The maximum Gasteiger partial charge on any atom is 0.416 e. The second-order valence-electron chi connectivity index (χ2n) is 11.5. The van der Waals surface area contributed by atoms with Crippen molar-refractivity contribution in [1.82, 2.24) is 9.80 Å². The van der Waals surface area contributed by atoms with E-state index in [9.17, 15) is 27.9 Å². The minimum absolute atomic E-state index is 0.0333. The van der Waals surface area contributed by atoms with Crippen LogP contribution >= 0.6 is 0 Å². The van der Waals surface area contributed by atoms with Crippen molar-refractivity contribution in [2.24, 2.45) is 11.8 Å². The fourth-order valence-electron chi connectivity index (χ4n) is 5.61. The van der Waals surface area contributed by atoms with Crippen molar-refractivity contribution in [3.05, 3.63) is 59.2 Å². The first-order valence-electron chi connectivity index (χ1n) is 14.3. The Labute approximate surface area is 239 Å². The van der Waals surface area contributed by atoms with Crippen LogP contribution in [-0.2, 0) is 17.5 Å². The summed E-state index contributed by atoms with van der Waals surface area (Å²) < 4.78 is 45.3. The van der Waals surface area contributed by atoms with Crippen molar-refractivity contribution in [2.75, 3.05) is 32.1 Å². The first-order valence-corrected chi connectivity index (χ1v) is 14.3. The van der Waals surface area contributed by atoms with E-state index in [-0.39, 0.29) is 36.4 Å². The number of alkyl halides is 3. The van der Waals surface area contributed by atoms with Gasteiger partial charge in [0.05, 0.1) is 23.8 Å². The number of nitrogens with one attached hydrogen (secondary N) is 1. The van der Waals surface area contributed by atoms with Gasteiger partial charge < -0.3 is 20.1 Å². The van der Waals surface area contributed by atoms with Crippen molar-refractivity contribution in [1.29, 1.82) is 0 Å². The maximum absolute atomic E-state index is 13.7. The molecule has 0 saturated heterocycles. The second kappa shape index (κ2) is 13.2. The minimum Gasteiger partial charge on any atom is -0.488 e. The van der Waals surface area contributed by atoms with Crippen LogP contribution in [0, 0.1) is 11.8 Å². The highest BCUT2D eigenvalue weighted by atomic mass is 19.4. The number of nitrogens with zero attached hydrogens (tertiary/aromatic N) is 2. The third kappa shape index (κ3) is 7.80. The number of aliphatic hydroxyl groups excluding tert-OH is 1. The Hall–Kier alpha value is -3.11. The first kappa shape index (κ1) is 30.8. The number of rotatable bonds is 8. The molecule has 3 atom stereocenters. The summed E-state index contributed by atoms with van der Waals surface area (Å²) in [6.07, 6.45) is 0.211. The Kier molecular flexibility index (Phi) is 9.96. The van der Waals surface area contributed by atoms with Gasteiger partial charge in [-0.05, 0) is 62.7 Å². The van der Waals surface area contributed by atoms with Gasteiger partial charge in [0.25, 0.3) is 5.91 Å². The van der Waals surface area contributed by atoms with Gasteiger partial charge in [-0.25, -0.2) is 0 Å². The van der Waals surface area contributed by atoms with Crippen LogP contribution in [0.1, 0.15) is 67.4 Å². The van der Waals surface area contributed by atoms with E-state index >= 15 is 0 Å². The summed E-state index contributed by atoms with van der Waals surface area (Å²) in [7, 11) is 1.87. The summed E-state index contributed by atoms with van der Waals surface area (Å²) in [5, 5.41) is 12.9. The predicted molar refractivity (Wildman–Crippen MR) is 151 cm³/mol. The molecule has 1 saturated carbocycles. The summed E-state index contributed by atoms with van der Waals surface area (Å²) in [6.45, 7) is 4.78. The van der Waals surface area contributed by atoms with Crippen molar-refractivity contribution in [2.45, 2.75) is 70.8 Å². The summed E-state index contributed by atoms with van der Waals surface area (Å²) in [6, 6.07) is 9.77. The fraction of sp³-hybridized carbons (Fsp3) is 0.548. The summed E-state index contributed by atoms with van der Waals surface area (Å²) in [5.41, 5.74) is 0.893. The summed E-state index contributed by atoms with van der Waals surface area (Å²) in [4.78, 5) is 30.2. The van der Waals surface area contributed by atoms with Crippen LogP contribution in [0.4, 0.5) is 18.9 Å². The molecule has 7 nitrogen and oxygen atoms in total. The average Bonchev–Trinajstić information content (AvgIpc) is 2.95. The predicted octanol–water partition coefficient (Wildman–Crippen LogP) is 5.58. The third-order valence-corrected chi connectivity index (χ3v) is 8.13. The number of carbonyl (C=O) groups excluding carboxylic acids is 2. The van der Waals surface area contributed by atoms with Crippen LogP contribution in [0.2, 0.25) is 0 Å². The Balaban J connectivity index is 1.53. The van der Waals surface area contributed by atoms with Crippen LogP contribution in [0.3, 0.4) is 0 Å². The normalized spacial score (nSPS) is 21.1. The number of hydrogen-bond acceptors (Lipinski definition) is 5. The molecule has 0 aromatic heterocycles. The largest absolute Gasteiger partial charge is 0.488 e. The number of anilines is 1. The monoisotopic (exact) mass is 575 g/mol. The first-order chi connectivity index (χ1) is 19.5. The van der Waals surface area contributed by atoms with Gasteiger partial charge in [0, 0.05) is 37.2 Å². The molecule has 1 aliphatic heterocycles. The molecule has 0 unspecified atom stereocenters. The lowest BCUT2D eigenvalue weighted by atomic mass is 9.88. The van der Waals surface area contributed by atoms with E-state index in [1.165, 1.54) is 12.1 Å². The molecule has 41 heavy (non-hydrogen) atoms. The smallest absolute Gasteiger partial charge is 0.416 e. The standard InChI is InChI=1S/C31H40F3N3O4/c1-20-16-37(21(2)19-38)30(40)26-15-25(35-29(39)23-7-5-4-6-8-23)13-14-27(26)41-28(20)18-36(3)17-22-9-11-24(12-10-22)31(32,33)34/h9-15,20-21,23,28,38H,4-8,16-19H2,1-3H3,(H,35,39)/t20-,21+,28+/m1/s1. The van der Waals surface area contributed by atoms with E-state index in [2.05, 4.69) is 5.32 Å². The second-order valence-corrected chi connectivity index (χ2v) is 11.5. The molecule has 2 aromatic rings. The Morgan fingerprint density at radius 2 is 1.83 bits per heavy atom. The Morgan fingerprint density at radius 1 is 1.15 bits per heavy atom. The molecule has 4 rings (SSSR count). The van der Waals surface area contributed by atoms with E-state index in [1.54, 1.807) is 30.0 Å². The number of hydrogen-bond donors (Lipinski definition) is 2. The van der Waals surface area contributed by atoms with Gasteiger partial charge in [0.2, 0.25) is 5.91 Å². The van der Waals surface area contributed by atoms with Crippen molar-refractivity contribution < 1.29 is 32.6 Å². The zero-order chi connectivity index (χ0) is 29.7. The quantitative estimate of drug-likeness (QED) is 0.430. The number of ether oxygens (including phenoxy) is 1. The number of halogens is 3. The molecule has 0 bridgehead atoms. The SMILES string of the molecule is C[C@@H]1CN([C@@H](C)CO)C(=O)c2cc(NC(=O)C3CCCCC3)ccc2O[C@H]1CN(C)Cc1ccc(C(F)(F)F)cc1. The minimum atomic E-state index is -4.38. The molecular weight excluding hydrogens is 535 g/mol. The van der Waals surface area contributed by atoms with Gasteiger partial charge in [-0.1, -0.05) is 38.3 Å². The zero-order valence-electron chi connectivity index (χ0n) is 23.9. The van der Waals surface area contributed by atoms with E-state index in [0.717, 1.165) is 49.8 Å². The van der Waals surface area contributed by atoms with Gasteiger partial charge in [-0.3, -0.25) is 14.5 Å². The number of aliphatic hydroxyl groups is 1. The third-order valence-electron chi connectivity index (χ3n) is 8.13. The molecule has 1 fully saturated rings. The van der Waals surface area contributed by atoms with Gasteiger partial charge in [0.15, 0.2) is 0 Å². The van der Waals surface area contributed by atoms with Crippen LogP contribution < -0.4 is 10.1 Å². The molecule has 1 aliphatic carbocycles. The molecule has 10 heteroatoms. The highest BCUT2D eigenvalue weighted by Crippen LogP contribution is 2.32. The van der Waals surface area contributed by atoms with Crippen LogP contribution in [-0.4, -0.2) is 65.6 Å². The lowest BCUT2D eigenvalue weighted by Crippen LogP contribution is -2.49. The lowest BCUT2D eigenvalue weighted by Gasteiger charge is -2.38. The zero-order valence-corrected chi connectivity index (χ0v) is 23.9. The maximum atomic E-state index is 13.7. The van der Waals surface area contributed by atoms with Gasteiger partial charge in [-0.15, -0.1) is 0 Å². The Morgan fingerprint density at radius 3 is 2.46 bits per heavy atom. The molecule has 224 valence electrons. The van der Waals surface area contributed by atoms with E-state index in [4.69, 9.17) is 4.74 Å². The number of carbonyl (C=O) groups is 2. The Bertz CT molecular complexity index is 1200. The van der Waals surface area contributed by atoms with Gasteiger partial charge in [-0.2, -0.15) is 13.2 Å². The molecule has 0 spiro atoms. The van der Waals surface area contributed by atoms with E-state index < -0.39 is 17.8 Å². The number of fused-ring (bicyclic) bond motifs is 1. The summed E-state index contributed by atoms with van der Waals surface area (Å²) in [5.74, 6) is -0.0734. The van der Waals surface area contributed by atoms with Gasteiger partial charge >= 0.3 is 6.18 Å². The van der Waals surface area contributed by atoms with Gasteiger partial charge in [0.1, 0.15) is 11.9 Å². The highest BCUT2D eigenvalue weighted by Gasteiger charge is 2.34. The molecule has 2 aliphatic rings. The molecule has 2 N–H and O–H groups in total.